The maximum absolute atomic E-state index is 5.83. The number of ether oxygens (including phenoxy) is 1. The van der Waals surface area contributed by atoms with E-state index >= 15 is 0 Å². The summed E-state index contributed by atoms with van der Waals surface area (Å²) in [7, 11) is 0. The topological polar surface area (TPSA) is 103 Å². The van der Waals surface area contributed by atoms with Gasteiger partial charge in [-0.25, -0.2) is 14.5 Å². The molecule has 0 saturated carbocycles. The van der Waals surface area contributed by atoms with E-state index in [4.69, 9.17) is 10.5 Å². The molecule has 0 spiro atoms. The number of anilines is 2. The maximum Gasteiger partial charge on any atom is 0.222 e. The van der Waals surface area contributed by atoms with E-state index in [1.54, 1.807) is 15.9 Å². The van der Waals surface area contributed by atoms with E-state index < -0.39 is 0 Å². The predicted molar refractivity (Wildman–Crippen MR) is 87.5 cm³/mol. The number of fused-ring (bicyclic) bond motifs is 1. The molecule has 8 nitrogen and oxygen atoms in total. The van der Waals surface area contributed by atoms with Crippen LogP contribution in [0.4, 0.5) is 11.8 Å². The highest BCUT2D eigenvalue weighted by Crippen LogP contribution is 2.25. The van der Waals surface area contributed by atoms with Crippen LogP contribution in [0, 0.1) is 6.92 Å². The number of hydrogen-bond donors (Lipinski definition) is 2. The maximum atomic E-state index is 5.83. The zero-order valence-electron chi connectivity index (χ0n) is 12.7. The number of aromatic nitrogens is 5. The molecule has 4 rings (SSSR count). The molecule has 0 aliphatic carbocycles. The third-order valence-electron chi connectivity index (χ3n) is 3.76. The molecule has 4 heterocycles. The van der Waals surface area contributed by atoms with Crippen LogP contribution in [0.3, 0.4) is 0 Å². The van der Waals surface area contributed by atoms with Gasteiger partial charge < -0.3 is 15.8 Å². The quantitative estimate of drug-likeness (QED) is 0.748. The molecule has 0 amide bonds. The Balaban J connectivity index is 1.50. The third kappa shape index (κ3) is 2.97. The number of nitrogen functional groups attached to an aromatic ring is 1. The molecule has 1 unspecified atom stereocenters. The Morgan fingerprint density at radius 2 is 2.35 bits per heavy atom. The number of nitrogens with one attached hydrogen (secondary N) is 1. The molecule has 3 aromatic rings. The fourth-order valence-corrected chi connectivity index (χ4v) is 3.41. The first-order valence-corrected chi connectivity index (χ1v) is 8.27. The lowest BCUT2D eigenvalue weighted by Crippen LogP contribution is -2.09. The van der Waals surface area contributed by atoms with E-state index in [0.29, 0.717) is 24.9 Å². The summed E-state index contributed by atoms with van der Waals surface area (Å²) in [6.07, 6.45) is 2.89. The highest BCUT2D eigenvalue weighted by atomic mass is 32.1. The van der Waals surface area contributed by atoms with Crippen LogP contribution in [-0.4, -0.2) is 37.8 Å². The van der Waals surface area contributed by atoms with Crippen LogP contribution < -0.4 is 11.1 Å². The van der Waals surface area contributed by atoms with Crippen LogP contribution >= 0.6 is 11.3 Å². The minimum Gasteiger partial charge on any atom is -0.381 e. The van der Waals surface area contributed by atoms with Crippen molar-refractivity contribution in [1.82, 2.24) is 24.6 Å². The molecule has 120 valence electrons. The third-order valence-corrected chi connectivity index (χ3v) is 4.59. The molecule has 0 aromatic carbocycles. The first-order valence-electron chi connectivity index (χ1n) is 7.45. The number of nitrogens with zero attached hydrogens (tertiary/aromatic N) is 5. The molecule has 1 fully saturated rings. The zero-order chi connectivity index (χ0) is 15.8. The Morgan fingerprint density at radius 3 is 3.13 bits per heavy atom. The molecule has 0 radical (unpaired) electrons. The minimum absolute atomic E-state index is 0.278. The molecule has 0 bridgehead atoms. The van der Waals surface area contributed by atoms with Crippen LogP contribution in [0.25, 0.3) is 4.96 Å². The van der Waals surface area contributed by atoms with Crippen molar-refractivity contribution in [3.8, 4) is 0 Å². The second kappa shape index (κ2) is 5.74. The van der Waals surface area contributed by atoms with E-state index in [1.165, 1.54) is 0 Å². The van der Waals surface area contributed by atoms with Crippen molar-refractivity contribution in [1.29, 1.82) is 0 Å². The van der Waals surface area contributed by atoms with Gasteiger partial charge in [0.25, 0.3) is 0 Å². The van der Waals surface area contributed by atoms with Crippen molar-refractivity contribution in [2.75, 3.05) is 24.3 Å². The first-order chi connectivity index (χ1) is 11.2. The number of rotatable bonds is 4. The molecule has 3 aromatic heterocycles. The van der Waals surface area contributed by atoms with E-state index in [2.05, 4.69) is 25.4 Å². The lowest BCUT2D eigenvalue weighted by molar-refractivity contribution is 0.193. The van der Waals surface area contributed by atoms with Crippen molar-refractivity contribution in [2.24, 2.45) is 0 Å². The smallest absolute Gasteiger partial charge is 0.222 e. The Morgan fingerprint density at radius 1 is 1.43 bits per heavy atom. The second-order valence-electron chi connectivity index (χ2n) is 5.53. The van der Waals surface area contributed by atoms with E-state index in [9.17, 15) is 0 Å². The van der Waals surface area contributed by atoms with Gasteiger partial charge in [-0.2, -0.15) is 10.1 Å². The second-order valence-corrected chi connectivity index (χ2v) is 6.69. The largest absolute Gasteiger partial charge is 0.381 e. The van der Waals surface area contributed by atoms with Crippen LogP contribution in [0.15, 0.2) is 12.3 Å². The highest BCUT2D eigenvalue weighted by molar-refractivity contribution is 7.16. The van der Waals surface area contributed by atoms with Crippen molar-refractivity contribution in [2.45, 2.75) is 25.8 Å². The molecular formula is C14H17N7OS. The Kier molecular flexibility index (Phi) is 3.58. The SMILES string of the molecule is Cc1nn2cc(CNc3cc(C4CCOC4)nc(N)n3)nc2s1. The monoisotopic (exact) mass is 331 g/mol. The summed E-state index contributed by atoms with van der Waals surface area (Å²) in [6.45, 7) is 3.99. The van der Waals surface area contributed by atoms with Crippen molar-refractivity contribution in [3.05, 3.63) is 28.7 Å². The summed E-state index contributed by atoms with van der Waals surface area (Å²) in [4.78, 5) is 14.0. The summed E-state index contributed by atoms with van der Waals surface area (Å²) in [5, 5.41) is 8.61. The number of aryl methyl sites for hydroxylation is 1. The average Bonchev–Trinajstić information content (AvgIpc) is 3.20. The Bertz CT molecular complexity index is 805. The van der Waals surface area contributed by atoms with Crippen molar-refractivity contribution >= 4 is 28.1 Å². The van der Waals surface area contributed by atoms with Crippen molar-refractivity contribution < 1.29 is 4.74 Å². The molecule has 1 aliphatic rings. The van der Waals surface area contributed by atoms with Gasteiger partial charge in [-0.1, -0.05) is 11.3 Å². The molecular weight excluding hydrogens is 314 g/mol. The number of nitrogens with two attached hydrogens (primary N) is 1. The summed E-state index contributed by atoms with van der Waals surface area (Å²) < 4.78 is 7.21. The molecule has 1 aliphatic heterocycles. The normalized spacial score (nSPS) is 17.9. The fraction of sp³-hybridized carbons (Fsp3) is 0.429. The minimum atomic E-state index is 0.278. The van der Waals surface area contributed by atoms with Gasteiger partial charge in [0.2, 0.25) is 10.9 Å². The van der Waals surface area contributed by atoms with E-state index in [-0.39, 0.29) is 5.95 Å². The molecule has 1 atom stereocenters. The van der Waals surface area contributed by atoms with E-state index in [1.807, 2.05) is 19.2 Å². The van der Waals surface area contributed by atoms with Gasteiger partial charge in [0.05, 0.1) is 30.7 Å². The van der Waals surface area contributed by atoms with Gasteiger partial charge >= 0.3 is 0 Å². The summed E-state index contributed by atoms with van der Waals surface area (Å²) in [5.41, 5.74) is 7.67. The van der Waals surface area contributed by atoms with Gasteiger partial charge in [0.15, 0.2) is 0 Å². The first kappa shape index (κ1) is 14.3. The zero-order valence-corrected chi connectivity index (χ0v) is 13.5. The van der Waals surface area contributed by atoms with Gasteiger partial charge in [-0.05, 0) is 13.3 Å². The molecule has 9 heteroatoms. The lowest BCUT2D eigenvalue weighted by atomic mass is 10.0. The fourth-order valence-electron chi connectivity index (χ4n) is 2.66. The van der Waals surface area contributed by atoms with Crippen LogP contribution in [0.5, 0.6) is 0 Å². The standard InChI is InChI=1S/C14H17N7OS/c1-8-20-21-6-10(17-14(21)23-8)5-16-12-4-11(18-13(15)19-12)9-2-3-22-7-9/h4,6,9H,2-3,5,7H2,1H3,(H3,15,16,18,19). The highest BCUT2D eigenvalue weighted by Gasteiger charge is 2.20. The van der Waals surface area contributed by atoms with Crippen LogP contribution in [-0.2, 0) is 11.3 Å². The molecule has 3 N–H and O–H groups in total. The van der Waals surface area contributed by atoms with Gasteiger partial charge in [-0.3, -0.25) is 0 Å². The van der Waals surface area contributed by atoms with Crippen molar-refractivity contribution in [3.63, 3.8) is 0 Å². The van der Waals surface area contributed by atoms with E-state index in [0.717, 1.165) is 34.4 Å². The Labute approximate surface area is 136 Å². The van der Waals surface area contributed by atoms with Crippen LogP contribution in [0.2, 0.25) is 0 Å². The molecule has 1 saturated heterocycles. The lowest BCUT2D eigenvalue weighted by Gasteiger charge is -2.10. The number of imidazole rings is 1. The molecule has 23 heavy (non-hydrogen) atoms. The number of hydrogen-bond acceptors (Lipinski definition) is 8. The summed E-state index contributed by atoms with van der Waals surface area (Å²) in [5.74, 6) is 1.28. The summed E-state index contributed by atoms with van der Waals surface area (Å²) >= 11 is 1.57. The summed E-state index contributed by atoms with van der Waals surface area (Å²) in [6, 6.07) is 1.94. The Hall–Kier alpha value is -2.26. The average molecular weight is 331 g/mol. The van der Waals surface area contributed by atoms with Gasteiger partial charge in [0, 0.05) is 18.6 Å². The van der Waals surface area contributed by atoms with Gasteiger partial charge in [-0.15, -0.1) is 0 Å². The van der Waals surface area contributed by atoms with Crippen LogP contribution in [0.1, 0.15) is 28.7 Å². The predicted octanol–water partition coefficient (Wildman–Crippen LogP) is 1.59. The van der Waals surface area contributed by atoms with Gasteiger partial charge in [0.1, 0.15) is 10.8 Å².